The molecule has 5 radical (unpaired) electrons. The summed E-state index contributed by atoms with van der Waals surface area (Å²) in [7, 11) is 4.21. The topological polar surface area (TPSA) is 3.24 Å². The molecule has 0 spiro atoms. The van der Waals surface area contributed by atoms with E-state index >= 15 is 0 Å². The predicted octanol–water partition coefficient (Wildman–Crippen LogP) is 1.73. The Morgan fingerprint density at radius 3 is 1.91 bits per heavy atom. The summed E-state index contributed by atoms with van der Waals surface area (Å²) in [5, 5.41) is 0. The zero-order chi connectivity index (χ0) is 8.48. The maximum Gasteiger partial charge on any atom is 0.0215 e. The van der Waals surface area contributed by atoms with E-state index in [4.69, 9.17) is 0 Å². The van der Waals surface area contributed by atoms with Gasteiger partial charge in [0.25, 0.3) is 0 Å². The van der Waals surface area contributed by atoms with Crippen molar-refractivity contribution in [2.75, 3.05) is 14.1 Å². The first-order valence-electron chi connectivity index (χ1n) is 3.95. The molecule has 1 saturated carbocycles. The first-order valence-corrected chi connectivity index (χ1v) is 3.95. The summed E-state index contributed by atoms with van der Waals surface area (Å²) < 4.78 is 0. The van der Waals surface area contributed by atoms with Crippen LogP contribution < -0.4 is 0 Å². The minimum atomic E-state index is 0.156. The van der Waals surface area contributed by atoms with Gasteiger partial charge < -0.3 is 4.90 Å². The Kier molecular flexibility index (Phi) is 2.58. The molecular weight excluding hydrogens is 134 g/mol. The molecule has 11 heavy (non-hydrogen) atoms. The molecular formula is C10H16N. The van der Waals surface area contributed by atoms with Crippen molar-refractivity contribution >= 4 is 0 Å². The Balaban J connectivity index is 2.55. The Morgan fingerprint density at radius 1 is 1.09 bits per heavy atom. The second-order valence-electron chi connectivity index (χ2n) is 3.63. The molecule has 1 aliphatic carbocycles. The van der Waals surface area contributed by atoms with E-state index in [1.54, 1.807) is 0 Å². The van der Waals surface area contributed by atoms with Crippen molar-refractivity contribution < 1.29 is 0 Å². The lowest BCUT2D eigenvalue weighted by Gasteiger charge is -2.37. The van der Waals surface area contributed by atoms with Crippen LogP contribution >= 0.6 is 0 Å². The Morgan fingerprint density at radius 2 is 1.55 bits per heavy atom. The minimum Gasteiger partial charge on any atom is -0.304 e. The maximum absolute atomic E-state index is 2.22. The van der Waals surface area contributed by atoms with E-state index in [1.165, 1.54) is 5.92 Å². The van der Waals surface area contributed by atoms with Gasteiger partial charge in [0.15, 0.2) is 0 Å². The average molecular weight is 150 g/mol. The normalized spacial score (nSPS) is 21.5. The average Bonchev–Trinajstić information content (AvgIpc) is 2.37. The predicted molar refractivity (Wildman–Crippen MR) is 48.2 cm³/mol. The molecule has 0 aromatic heterocycles. The summed E-state index contributed by atoms with van der Waals surface area (Å²) in [5.41, 5.74) is 0.156. The van der Waals surface area contributed by atoms with Gasteiger partial charge in [-0.3, -0.25) is 0 Å². The molecule has 0 aliphatic heterocycles. The number of hydrogen-bond acceptors (Lipinski definition) is 1. The van der Waals surface area contributed by atoms with Gasteiger partial charge >= 0.3 is 0 Å². The summed E-state index contributed by atoms with van der Waals surface area (Å²) >= 11 is 0. The molecule has 1 heteroatoms. The quantitative estimate of drug-likeness (QED) is 0.579. The molecule has 0 N–H and O–H groups in total. The van der Waals surface area contributed by atoms with Gasteiger partial charge in [0, 0.05) is 11.5 Å². The highest BCUT2D eigenvalue weighted by Gasteiger charge is 2.34. The minimum absolute atomic E-state index is 0.156. The molecule has 0 heterocycles. The summed E-state index contributed by atoms with van der Waals surface area (Å²) in [6.07, 6.45) is 8.50. The van der Waals surface area contributed by atoms with Crippen molar-refractivity contribution in [1.82, 2.24) is 4.90 Å². The van der Waals surface area contributed by atoms with Gasteiger partial charge in [0.05, 0.1) is 0 Å². The van der Waals surface area contributed by atoms with Crippen LogP contribution in [0, 0.1) is 31.6 Å². The molecule has 0 saturated heterocycles. The molecule has 1 rings (SSSR count). The molecule has 0 aromatic rings. The Labute approximate surface area is 70.8 Å². The van der Waals surface area contributed by atoms with E-state index < -0.39 is 0 Å². The second kappa shape index (κ2) is 3.14. The highest BCUT2D eigenvalue weighted by molar-refractivity contribution is 5.41. The molecule has 0 bridgehead atoms. The fourth-order valence-electron chi connectivity index (χ4n) is 1.04. The third kappa shape index (κ3) is 1.76. The van der Waals surface area contributed by atoms with Crippen LogP contribution in [0.2, 0.25) is 0 Å². The molecule has 0 aromatic carbocycles. The van der Waals surface area contributed by atoms with Gasteiger partial charge in [-0.2, -0.15) is 0 Å². The van der Waals surface area contributed by atoms with Crippen molar-refractivity contribution in [3.05, 3.63) is 31.6 Å². The van der Waals surface area contributed by atoms with Gasteiger partial charge in [-0.05, 0) is 53.6 Å². The summed E-state index contributed by atoms with van der Waals surface area (Å²) in [4.78, 5) is 2.22. The summed E-state index contributed by atoms with van der Waals surface area (Å²) in [6, 6.07) is 0. The lowest BCUT2D eigenvalue weighted by molar-refractivity contribution is 0.220. The van der Waals surface area contributed by atoms with Gasteiger partial charge in [0.2, 0.25) is 0 Å². The highest BCUT2D eigenvalue weighted by Crippen LogP contribution is 2.35. The van der Waals surface area contributed by atoms with Gasteiger partial charge in [-0.15, -0.1) is 0 Å². The number of nitrogens with zero attached hydrogens (tertiary/aromatic N) is 1. The third-order valence-electron chi connectivity index (χ3n) is 2.49. The zero-order valence-electron chi connectivity index (χ0n) is 7.76. The van der Waals surface area contributed by atoms with Crippen LogP contribution in [0.25, 0.3) is 0 Å². The Bertz CT molecular complexity index is 121. The molecule has 1 fully saturated rings. The standard InChI is InChI=1S/C10H16N/c1-10(2,11(3)4)9-7-5-6-8-9/h5-8H,1-4H3. The van der Waals surface area contributed by atoms with Crippen molar-refractivity contribution in [3.8, 4) is 0 Å². The highest BCUT2D eigenvalue weighted by atomic mass is 15.1. The molecule has 0 unspecified atom stereocenters. The Hall–Kier alpha value is -0.0400. The van der Waals surface area contributed by atoms with Crippen molar-refractivity contribution in [2.45, 2.75) is 19.4 Å². The van der Waals surface area contributed by atoms with Crippen LogP contribution in [0.3, 0.4) is 0 Å². The van der Waals surface area contributed by atoms with Crippen molar-refractivity contribution in [1.29, 1.82) is 0 Å². The molecule has 1 nitrogen and oxygen atoms in total. The molecule has 61 valence electrons. The number of hydrogen-bond donors (Lipinski definition) is 0. The lowest BCUT2D eigenvalue weighted by Crippen LogP contribution is -2.43. The van der Waals surface area contributed by atoms with Gasteiger partial charge in [-0.1, -0.05) is 0 Å². The van der Waals surface area contributed by atoms with E-state index in [0.717, 1.165) is 0 Å². The fourth-order valence-corrected chi connectivity index (χ4v) is 1.04. The van der Waals surface area contributed by atoms with Crippen molar-refractivity contribution in [2.24, 2.45) is 0 Å². The van der Waals surface area contributed by atoms with Crippen LogP contribution in [-0.4, -0.2) is 24.5 Å². The van der Waals surface area contributed by atoms with Crippen molar-refractivity contribution in [3.63, 3.8) is 0 Å². The lowest BCUT2D eigenvalue weighted by atomic mass is 9.85. The molecule has 0 atom stereocenters. The van der Waals surface area contributed by atoms with E-state index in [9.17, 15) is 0 Å². The van der Waals surface area contributed by atoms with Crippen LogP contribution in [0.5, 0.6) is 0 Å². The largest absolute Gasteiger partial charge is 0.304 e. The SMILES string of the molecule is CN(C)C(C)(C)[C]1[CH][CH][CH][CH]1. The maximum atomic E-state index is 2.22. The van der Waals surface area contributed by atoms with Gasteiger partial charge in [-0.25, -0.2) is 0 Å². The smallest absolute Gasteiger partial charge is 0.0215 e. The van der Waals surface area contributed by atoms with E-state index in [-0.39, 0.29) is 5.54 Å². The molecule has 0 amide bonds. The third-order valence-corrected chi connectivity index (χ3v) is 2.49. The summed E-state index contributed by atoms with van der Waals surface area (Å²) in [5.74, 6) is 1.38. The summed E-state index contributed by atoms with van der Waals surface area (Å²) in [6.45, 7) is 4.45. The van der Waals surface area contributed by atoms with Crippen LogP contribution in [-0.2, 0) is 0 Å². The van der Waals surface area contributed by atoms with Crippen LogP contribution in [0.1, 0.15) is 13.8 Å². The first-order chi connectivity index (χ1) is 5.05. The second-order valence-corrected chi connectivity index (χ2v) is 3.63. The van der Waals surface area contributed by atoms with E-state index in [1.807, 2.05) is 0 Å². The fraction of sp³-hybridized carbons (Fsp3) is 0.500. The van der Waals surface area contributed by atoms with Crippen LogP contribution in [0.15, 0.2) is 0 Å². The van der Waals surface area contributed by atoms with Gasteiger partial charge in [0.1, 0.15) is 0 Å². The zero-order valence-corrected chi connectivity index (χ0v) is 7.76. The molecule has 1 aliphatic rings. The number of rotatable bonds is 2. The van der Waals surface area contributed by atoms with E-state index in [2.05, 4.69) is 58.5 Å². The monoisotopic (exact) mass is 150 g/mol. The van der Waals surface area contributed by atoms with Crippen LogP contribution in [0.4, 0.5) is 0 Å². The first kappa shape index (κ1) is 9.05. The van der Waals surface area contributed by atoms with E-state index in [0.29, 0.717) is 0 Å².